The summed E-state index contributed by atoms with van der Waals surface area (Å²) in [6, 6.07) is 17.8. The molecular formula is C25H22N4O3S2. The van der Waals surface area contributed by atoms with Gasteiger partial charge in [0.15, 0.2) is 22.5 Å². The lowest BCUT2D eigenvalue weighted by Crippen LogP contribution is -1.99. The molecule has 34 heavy (non-hydrogen) atoms. The highest BCUT2D eigenvalue weighted by Gasteiger charge is 2.20. The van der Waals surface area contributed by atoms with Crippen LogP contribution in [0.3, 0.4) is 0 Å². The van der Waals surface area contributed by atoms with E-state index in [1.54, 1.807) is 43.6 Å². The molecule has 0 N–H and O–H groups in total. The molecular weight excluding hydrogens is 468 g/mol. The number of thiazole rings is 1. The highest BCUT2D eigenvalue weighted by Crippen LogP contribution is 2.39. The number of para-hydroxylation sites is 2. The molecule has 0 amide bonds. The maximum absolute atomic E-state index is 5.58. The maximum atomic E-state index is 5.58. The summed E-state index contributed by atoms with van der Waals surface area (Å²) in [5, 5.41) is 12.7. The van der Waals surface area contributed by atoms with Crippen molar-refractivity contribution < 1.29 is 13.9 Å². The minimum atomic E-state index is 0.651. The molecule has 172 valence electrons. The van der Waals surface area contributed by atoms with Crippen molar-refractivity contribution in [2.75, 3.05) is 14.2 Å². The Labute approximate surface area is 205 Å². The quantitative estimate of drug-likeness (QED) is 0.237. The summed E-state index contributed by atoms with van der Waals surface area (Å²) in [5.41, 5.74) is 3.78. The fraction of sp³-hybridized carbons (Fsp3) is 0.160. The Kier molecular flexibility index (Phi) is 6.37. The topological polar surface area (TPSA) is 75.2 Å². The van der Waals surface area contributed by atoms with Crippen LogP contribution in [0.1, 0.15) is 11.5 Å². The summed E-state index contributed by atoms with van der Waals surface area (Å²) >= 11 is 3.17. The minimum Gasteiger partial charge on any atom is -0.493 e. The molecule has 9 heteroatoms. The van der Waals surface area contributed by atoms with E-state index in [2.05, 4.69) is 20.1 Å². The molecule has 0 unspecified atom stereocenters. The van der Waals surface area contributed by atoms with Gasteiger partial charge in [-0.05, 0) is 37.3 Å². The lowest BCUT2D eigenvalue weighted by molar-refractivity contribution is 0.356. The van der Waals surface area contributed by atoms with Crippen molar-refractivity contribution in [3.8, 4) is 39.1 Å². The Hall–Kier alpha value is -3.56. The van der Waals surface area contributed by atoms with E-state index in [0.717, 1.165) is 44.3 Å². The zero-order valence-corrected chi connectivity index (χ0v) is 20.5. The van der Waals surface area contributed by atoms with Gasteiger partial charge in [0.05, 0.1) is 37.3 Å². The van der Waals surface area contributed by atoms with Crippen molar-refractivity contribution in [2.45, 2.75) is 17.8 Å². The molecule has 0 aliphatic carbocycles. The molecule has 3 heterocycles. The average molecular weight is 491 g/mol. The van der Waals surface area contributed by atoms with Gasteiger partial charge in [0.2, 0.25) is 0 Å². The van der Waals surface area contributed by atoms with Crippen LogP contribution in [-0.4, -0.2) is 34.0 Å². The van der Waals surface area contributed by atoms with Crippen LogP contribution in [0, 0.1) is 6.92 Å². The maximum Gasteiger partial charge on any atom is 0.196 e. The van der Waals surface area contributed by atoms with Gasteiger partial charge in [0.25, 0.3) is 0 Å². The van der Waals surface area contributed by atoms with E-state index >= 15 is 0 Å². The van der Waals surface area contributed by atoms with Crippen LogP contribution < -0.4 is 9.47 Å². The summed E-state index contributed by atoms with van der Waals surface area (Å²) in [6.45, 7) is 1.93. The molecule has 7 nitrogen and oxygen atoms in total. The molecule has 0 saturated heterocycles. The second kappa shape index (κ2) is 9.74. The number of aromatic nitrogens is 4. The number of ether oxygens (including phenoxy) is 2. The van der Waals surface area contributed by atoms with Crippen molar-refractivity contribution in [3.63, 3.8) is 0 Å². The third-order valence-electron chi connectivity index (χ3n) is 5.28. The van der Waals surface area contributed by atoms with E-state index in [4.69, 9.17) is 18.9 Å². The first-order valence-electron chi connectivity index (χ1n) is 10.5. The summed E-state index contributed by atoms with van der Waals surface area (Å²) in [6.07, 6.45) is 1.67. The molecule has 0 fully saturated rings. The summed E-state index contributed by atoms with van der Waals surface area (Å²) in [7, 11) is 3.27. The van der Waals surface area contributed by atoms with E-state index in [-0.39, 0.29) is 0 Å². The largest absolute Gasteiger partial charge is 0.493 e. The normalized spacial score (nSPS) is 11.0. The summed E-state index contributed by atoms with van der Waals surface area (Å²) in [4.78, 5) is 4.84. The smallest absolute Gasteiger partial charge is 0.196 e. The molecule has 2 aromatic carbocycles. The molecule has 0 saturated carbocycles. The van der Waals surface area contributed by atoms with Crippen molar-refractivity contribution in [1.29, 1.82) is 0 Å². The number of thioether (sulfide) groups is 1. The molecule has 3 aromatic heterocycles. The Balaban J connectivity index is 1.44. The van der Waals surface area contributed by atoms with Gasteiger partial charge in [0, 0.05) is 16.8 Å². The monoisotopic (exact) mass is 490 g/mol. The lowest BCUT2D eigenvalue weighted by Gasteiger charge is -2.10. The zero-order valence-electron chi connectivity index (χ0n) is 18.9. The van der Waals surface area contributed by atoms with Crippen LogP contribution in [0.25, 0.3) is 27.6 Å². The highest BCUT2D eigenvalue weighted by atomic mass is 32.2. The molecule has 5 rings (SSSR count). The van der Waals surface area contributed by atoms with Gasteiger partial charge in [0.1, 0.15) is 10.8 Å². The molecule has 0 spiro atoms. The molecule has 5 aromatic rings. The van der Waals surface area contributed by atoms with Gasteiger partial charge in [-0.2, -0.15) is 0 Å². The number of aryl methyl sites for hydroxylation is 1. The van der Waals surface area contributed by atoms with E-state index < -0.39 is 0 Å². The van der Waals surface area contributed by atoms with Gasteiger partial charge >= 0.3 is 0 Å². The Morgan fingerprint density at radius 3 is 2.56 bits per heavy atom. The van der Waals surface area contributed by atoms with Gasteiger partial charge in [-0.1, -0.05) is 36.0 Å². The van der Waals surface area contributed by atoms with Crippen LogP contribution in [0.15, 0.2) is 75.8 Å². The van der Waals surface area contributed by atoms with Crippen LogP contribution in [0.2, 0.25) is 0 Å². The Morgan fingerprint density at radius 2 is 1.82 bits per heavy atom. The third-order valence-corrected chi connectivity index (χ3v) is 7.17. The van der Waals surface area contributed by atoms with E-state index in [9.17, 15) is 0 Å². The fourth-order valence-corrected chi connectivity index (χ4v) is 5.45. The Bertz CT molecular complexity index is 1410. The number of hydrogen-bond donors (Lipinski definition) is 0. The van der Waals surface area contributed by atoms with Crippen molar-refractivity contribution in [3.05, 3.63) is 77.7 Å². The van der Waals surface area contributed by atoms with Crippen molar-refractivity contribution in [1.82, 2.24) is 19.7 Å². The van der Waals surface area contributed by atoms with Crippen molar-refractivity contribution in [2.24, 2.45) is 0 Å². The van der Waals surface area contributed by atoms with Gasteiger partial charge in [-0.25, -0.2) is 4.98 Å². The molecule has 0 aliphatic rings. The van der Waals surface area contributed by atoms with Crippen LogP contribution in [0.4, 0.5) is 0 Å². The number of furan rings is 1. The molecule has 0 radical (unpaired) electrons. The standard InChI is InChI=1S/C25H22N4O3S2/c1-16-19(12-13-32-16)23-27-28-25(29(23)18-8-5-4-6-9-18)34-15-17-14-33-24(26-17)20-10-7-11-21(30-2)22(20)31-3/h4-14H,15H2,1-3H3. The van der Waals surface area contributed by atoms with Gasteiger partial charge in [-0.3, -0.25) is 4.57 Å². The molecule has 0 bridgehead atoms. The van der Waals surface area contributed by atoms with E-state index in [0.29, 0.717) is 17.3 Å². The summed E-state index contributed by atoms with van der Waals surface area (Å²) < 4.78 is 18.6. The third kappa shape index (κ3) is 4.20. The summed E-state index contributed by atoms with van der Waals surface area (Å²) in [5.74, 6) is 3.57. The first kappa shape index (κ1) is 22.2. The fourth-order valence-electron chi connectivity index (χ4n) is 3.66. The van der Waals surface area contributed by atoms with Crippen LogP contribution in [0.5, 0.6) is 11.5 Å². The SMILES string of the molecule is COc1cccc(-c2nc(CSc3nnc(-c4ccoc4C)n3-c3ccccc3)cs2)c1OC. The second-order valence-electron chi connectivity index (χ2n) is 7.34. The first-order valence-corrected chi connectivity index (χ1v) is 12.4. The average Bonchev–Trinajstić information content (AvgIpc) is 3.62. The lowest BCUT2D eigenvalue weighted by atomic mass is 10.2. The predicted molar refractivity (Wildman–Crippen MR) is 134 cm³/mol. The number of methoxy groups -OCH3 is 2. The number of nitrogens with zero attached hydrogens (tertiary/aromatic N) is 4. The Morgan fingerprint density at radius 1 is 0.971 bits per heavy atom. The van der Waals surface area contributed by atoms with Crippen molar-refractivity contribution >= 4 is 23.1 Å². The van der Waals surface area contributed by atoms with Gasteiger partial charge in [-0.15, -0.1) is 21.5 Å². The van der Waals surface area contributed by atoms with E-state index in [1.165, 1.54) is 0 Å². The molecule has 0 atom stereocenters. The zero-order chi connectivity index (χ0) is 23.5. The number of rotatable bonds is 8. The predicted octanol–water partition coefficient (Wildman–Crippen LogP) is 6.27. The van der Waals surface area contributed by atoms with Crippen LogP contribution in [-0.2, 0) is 5.75 Å². The van der Waals surface area contributed by atoms with Gasteiger partial charge < -0.3 is 13.9 Å². The second-order valence-corrected chi connectivity index (χ2v) is 9.14. The number of hydrogen-bond acceptors (Lipinski definition) is 8. The minimum absolute atomic E-state index is 0.651. The molecule has 0 aliphatic heterocycles. The van der Waals surface area contributed by atoms with E-state index in [1.807, 2.05) is 61.5 Å². The number of benzene rings is 2. The first-order chi connectivity index (χ1) is 16.7. The van der Waals surface area contributed by atoms with Crippen LogP contribution >= 0.6 is 23.1 Å². The highest BCUT2D eigenvalue weighted by molar-refractivity contribution is 7.98.